The van der Waals surface area contributed by atoms with E-state index in [2.05, 4.69) is 13.8 Å². The highest BCUT2D eigenvalue weighted by molar-refractivity contribution is 5.89. The van der Waals surface area contributed by atoms with Gasteiger partial charge in [0.2, 0.25) is 0 Å². The van der Waals surface area contributed by atoms with Gasteiger partial charge in [-0.2, -0.15) is 0 Å². The molecule has 0 bridgehead atoms. The van der Waals surface area contributed by atoms with Gasteiger partial charge >= 0.3 is 5.97 Å². The van der Waals surface area contributed by atoms with E-state index in [1.807, 2.05) is 6.07 Å². The fourth-order valence-corrected chi connectivity index (χ4v) is 1.65. The zero-order chi connectivity index (χ0) is 11.4. The molecule has 16 heavy (non-hydrogen) atoms. The van der Waals surface area contributed by atoms with Gasteiger partial charge in [0.25, 0.3) is 0 Å². The van der Waals surface area contributed by atoms with Crippen LogP contribution < -0.4 is 5.73 Å². The van der Waals surface area contributed by atoms with Crippen LogP contribution in [-0.4, -0.2) is 11.1 Å². The van der Waals surface area contributed by atoms with Crippen molar-refractivity contribution in [3.05, 3.63) is 35.4 Å². The number of carbonyl (C=O) groups is 1. The van der Waals surface area contributed by atoms with Crippen LogP contribution in [0.2, 0.25) is 0 Å². The molecule has 90 valence electrons. The summed E-state index contributed by atoms with van der Waals surface area (Å²) in [5.41, 5.74) is 7.00. The van der Waals surface area contributed by atoms with Crippen molar-refractivity contribution >= 4 is 18.4 Å². The van der Waals surface area contributed by atoms with E-state index in [4.69, 9.17) is 10.8 Å². The van der Waals surface area contributed by atoms with Crippen molar-refractivity contribution in [2.24, 2.45) is 11.7 Å². The summed E-state index contributed by atoms with van der Waals surface area (Å²) in [5, 5.41) is 8.99. The summed E-state index contributed by atoms with van der Waals surface area (Å²) in [6.07, 6.45) is 0.796. The molecule has 0 amide bonds. The first-order valence-corrected chi connectivity index (χ1v) is 5.10. The monoisotopic (exact) mass is 243 g/mol. The van der Waals surface area contributed by atoms with Gasteiger partial charge in [0.1, 0.15) is 0 Å². The fraction of sp³-hybridized carbons (Fsp3) is 0.417. The van der Waals surface area contributed by atoms with Gasteiger partial charge in [0.15, 0.2) is 0 Å². The summed E-state index contributed by atoms with van der Waals surface area (Å²) < 4.78 is 0. The molecule has 0 aliphatic heterocycles. The Bertz CT molecular complexity index is 353. The molecule has 0 radical (unpaired) electrons. The summed E-state index contributed by atoms with van der Waals surface area (Å²) >= 11 is 0. The van der Waals surface area contributed by atoms with Crippen LogP contribution in [-0.2, 0) is 0 Å². The highest BCUT2D eigenvalue weighted by Crippen LogP contribution is 2.22. The minimum Gasteiger partial charge on any atom is -0.478 e. The molecule has 1 aromatic rings. The Kier molecular flexibility index (Phi) is 6.08. The Balaban J connectivity index is 0.00000225. The van der Waals surface area contributed by atoms with Gasteiger partial charge in [-0.1, -0.05) is 32.0 Å². The highest BCUT2D eigenvalue weighted by Gasteiger charge is 2.15. The second-order valence-corrected chi connectivity index (χ2v) is 4.13. The van der Waals surface area contributed by atoms with Gasteiger partial charge in [0, 0.05) is 6.04 Å². The molecular formula is C12H18ClNO2. The summed E-state index contributed by atoms with van der Waals surface area (Å²) in [5.74, 6) is -0.452. The van der Waals surface area contributed by atoms with Crippen LogP contribution in [0.15, 0.2) is 24.3 Å². The first-order chi connectivity index (χ1) is 7.02. The number of aromatic carboxylic acids is 1. The lowest BCUT2D eigenvalue weighted by Crippen LogP contribution is -2.16. The van der Waals surface area contributed by atoms with Gasteiger partial charge in [0.05, 0.1) is 5.56 Å². The van der Waals surface area contributed by atoms with Crippen molar-refractivity contribution in [1.29, 1.82) is 0 Å². The standard InChI is InChI=1S/C12H17NO2.ClH/c1-8(2)7-11(13)9-5-3-4-6-10(9)12(14)15;/h3-6,8,11H,7,13H2,1-2H3,(H,14,15);1H/t11-;/m1./s1. The molecule has 0 aliphatic rings. The van der Waals surface area contributed by atoms with Crippen molar-refractivity contribution in [3.63, 3.8) is 0 Å². The average molecular weight is 244 g/mol. The molecule has 3 N–H and O–H groups in total. The SMILES string of the molecule is CC(C)C[C@@H](N)c1ccccc1C(=O)O.Cl. The van der Waals surface area contributed by atoms with Gasteiger partial charge < -0.3 is 10.8 Å². The number of nitrogens with two attached hydrogens (primary N) is 1. The molecule has 4 heteroatoms. The summed E-state index contributed by atoms with van der Waals surface area (Å²) in [6, 6.07) is 6.73. The number of hydrogen-bond donors (Lipinski definition) is 2. The first kappa shape index (κ1) is 14.9. The van der Waals surface area contributed by atoms with E-state index in [-0.39, 0.29) is 18.4 Å². The Hall–Kier alpha value is -1.06. The minimum absolute atomic E-state index is 0. The molecular weight excluding hydrogens is 226 g/mol. The van der Waals surface area contributed by atoms with Crippen LogP contribution in [0.25, 0.3) is 0 Å². The number of benzene rings is 1. The van der Waals surface area contributed by atoms with Crippen LogP contribution in [0.1, 0.15) is 42.2 Å². The zero-order valence-corrected chi connectivity index (χ0v) is 10.3. The van der Waals surface area contributed by atoms with Crippen LogP contribution in [0.3, 0.4) is 0 Å². The minimum atomic E-state index is -0.912. The lowest BCUT2D eigenvalue weighted by molar-refractivity contribution is 0.0695. The lowest BCUT2D eigenvalue weighted by Gasteiger charge is -2.16. The van der Waals surface area contributed by atoms with Crippen molar-refractivity contribution in [2.45, 2.75) is 26.3 Å². The van der Waals surface area contributed by atoms with E-state index in [1.54, 1.807) is 18.2 Å². The molecule has 0 aromatic heterocycles. The number of halogens is 1. The third-order valence-electron chi connectivity index (χ3n) is 2.32. The predicted molar refractivity (Wildman–Crippen MR) is 67.0 cm³/mol. The van der Waals surface area contributed by atoms with E-state index < -0.39 is 5.97 Å². The van der Waals surface area contributed by atoms with Gasteiger partial charge in [-0.05, 0) is 24.0 Å². The van der Waals surface area contributed by atoms with Crippen molar-refractivity contribution in [3.8, 4) is 0 Å². The van der Waals surface area contributed by atoms with E-state index in [0.717, 1.165) is 12.0 Å². The first-order valence-electron chi connectivity index (χ1n) is 5.10. The Morgan fingerprint density at radius 3 is 2.44 bits per heavy atom. The number of carboxylic acids is 1. The molecule has 0 saturated heterocycles. The maximum absolute atomic E-state index is 11.0. The summed E-state index contributed by atoms with van der Waals surface area (Å²) in [6.45, 7) is 4.15. The van der Waals surface area contributed by atoms with E-state index in [1.165, 1.54) is 0 Å². The molecule has 3 nitrogen and oxygen atoms in total. The lowest BCUT2D eigenvalue weighted by atomic mass is 9.94. The van der Waals surface area contributed by atoms with Crippen molar-refractivity contribution in [1.82, 2.24) is 0 Å². The molecule has 0 heterocycles. The maximum Gasteiger partial charge on any atom is 0.336 e. The Morgan fingerprint density at radius 2 is 1.94 bits per heavy atom. The molecule has 0 aliphatic carbocycles. The largest absolute Gasteiger partial charge is 0.478 e. The van der Waals surface area contributed by atoms with Crippen molar-refractivity contribution < 1.29 is 9.90 Å². The highest BCUT2D eigenvalue weighted by atomic mass is 35.5. The van der Waals surface area contributed by atoms with Gasteiger partial charge in [-0.15, -0.1) is 12.4 Å². The third kappa shape index (κ3) is 3.83. The number of hydrogen-bond acceptors (Lipinski definition) is 2. The van der Waals surface area contributed by atoms with Gasteiger partial charge in [-0.3, -0.25) is 0 Å². The molecule has 1 rings (SSSR count). The molecule has 0 saturated carbocycles. The average Bonchev–Trinajstić information content (AvgIpc) is 2.16. The molecule has 0 spiro atoms. The number of rotatable bonds is 4. The maximum atomic E-state index is 11.0. The smallest absolute Gasteiger partial charge is 0.336 e. The van der Waals surface area contributed by atoms with Crippen LogP contribution in [0.4, 0.5) is 0 Å². The quantitative estimate of drug-likeness (QED) is 0.855. The zero-order valence-electron chi connectivity index (χ0n) is 9.51. The van der Waals surface area contributed by atoms with Crippen LogP contribution in [0, 0.1) is 5.92 Å². The molecule has 0 unspecified atom stereocenters. The van der Waals surface area contributed by atoms with Crippen molar-refractivity contribution in [2.75, 3.05) is 0 Å². The third-order valence-corrected chi connectivity index (χ3v) is 2.32. The second kappa shape index (κ2) is 6.51. The summed E-state index contributed by atoms with van der Waals surface area (Å²) in [7, 11) is 0. The molecule has 1 atom stereocenters. The van der Waals surface area contributed by atoms with E-state index in [9.17, 15) is 4.79 Å². The summed E-state index contributed by atoms with van der Waals surface area (Å²) in [4.78, 5) is 11.0. The van der Waals surface area contributed by atoms with Gasteiger partial charge in [-0.25, -0.2) is 4.79 Å². The van der Waals surface area contributed by atoms with E-state index in [0.29, 0.717) is 11.5 Å². The normalized spacial score (nSPS) is 12.0. The number of carboxylic acid groups (broad SMARTS) is 1. The Labute approximate surface area is 102 Å². The van der Waals surface area contributed by atoms with Crippen LogP contribution in [0.5, 0.6) is 0 Å². The Morgan fingerprint density at radius 1 is 1.38 bits per heavy atom. The fourth-order valence-electron chi connectivity index (χ4n) is 1.65. The predicted octanol–water partition coefficient (Wildman–Crippen LogP) is 2.85. The molecule has 0 fully saturated rings. The molecule has 1 aromatic carbocycles. The second-order valence-electron chi connectivity index (χ2n) is 4.13. The van der Waals surface area contributed by atoms with E-state index >= 15 is 0 Å². The topological polar surface area (TPSA) is 63.3 Å². The van der Waals surface area contributed by atoms with Crippen LogP contribution >= 0.6 is 12.4 Å².